The van der Waals surface area contributed by atoms with Crippen LogP contribution in [-0.2, 0) is 10.1 Å². The molecule has 0 aliphatic rings. The summed E-state index contributed by atoms with van der Waals surface area (Å²) in [6.07, 6.45) is 19.9. The van der Waals surface area contributed by atoms with Crippen molar-refractivity contribution in [2.45, 2.75) is 147 Å². The van der Waals surface area contributed by atoms with Crippen molar-refractivity contribution in [2.75, 3.05) is 0 Å². The number of aliphatic hydroxyl groups is 1. The zero-order valence-electron chi connectivity index (χ0n) is 19.7. The molecule has 2 atom stereocenters. The Hall–Kier alpha value is 1.51. The summed E-state index contributed by atoms with van der Waals surface area (Å²) < 4.78 is 34.4. The first-order valence-corrected chi connectivity index (χ1v) is 13.5. The zero-order chi connectivity index (χ0) is 21.1. The molecule has 0 radical (unpaired) electrons. The largest absolute Gasteiger partial charge is 1.00 e. The van der Waals surface area contributed by atoms with E-state index in [1.165, 1.54) is 64.2 Å². The Balaban J connectivity index is 0. The van der Waals surface area contributed by atoms with Gasteiger partial charge in [-0.3, -0.25) is 0 Å². The van der Waals surface area contributed by atoms with Gasteiger partial charge in [0.2, 0.25) is 0 Å². The van der Waals surface area contributed by atoms with E-state index >= 15 is 0 Å². The second-order valence-electron chi connectivity index (χ2n) is 8.49. The molecule has 0 aliphatic heterocycles. The Kier molecular flexibility index (Phi) is 25.6. The van der Waals surface area contributed by atoms with E-state index in [9.17, 15) is 18.1 Å². The fourth-order valence-electron chi connectivity index (χ4n) is 3.78. The summed E-state index contributed by atoms with van der Waals surface area (Å²) in [5, 5.41) is 8.80. The Morgan fingerprint density at radius 2 is 1.00 bits per heavy atom. The van der Waals surface area contributed by atoms with Crippen LogP contribution in [0.1, 0.15) is 136 Å². The number of rotatable bonds is 21. The normalized spacial score (nSPS) is 13.8. The standard InChI is InChI=1S/C23H48O4S.K/c1-3-5-6-7-8-9-10-11-12-13-14-15-16-20-23(28(25,26)27)21-18-17-19-22(24)4-2;/h22-24H,3-21H2,1-2H3,(H,25,26,27);/q;+1/p-1. The average molecular weight is 459 g/mol. The van der Waals surface area contributed by atoms with Gasteiger partial charge in [0.1, 0.15) is 0 Å². The first-order chi connectivity index (χ1) is 13.4. The number of hydrogen-bond acceptors (Lipinski definition) is 4. The fraction of sp³-hybridized carbons (Fsp3) is 1.00. The van der Waals surface area contributed by atoms with E-state index in [-0.39, 0.29) is 57.5 Å². The molecule has 0 fully saturated rings. The van der Waals surface area contributed by atoms with Gasteiger partial charge >= 0.3 is 51.4 Å². The van der Waals surface area contributed by atoms with Crippen LogP contribution in [0, 0.1) is 0 Å². The summed E-state index contributed by atoms with van der Waals surface area (Å²) in [4.78, 5) is 0. The first kappa shape index (κ1) is 32.7. The smallest absolute Gasteiger partial charge is 0.748 e. The average Bonchev–Trinajstić information content (AvgIpc) is 2.65. The van der Waals surface area contributed by atoms with Crippen LogP contribution >= 0.6 is 0 Å². The predicted molar refractivity (Wildman–Crippen MR) is 119 cm³/mol. The molecule has 0 spiro atoms. The van der Waals surface area contributed by atoms with Gasteiger partial charge in [0.15, 0.2) is 0 Å². The molecule has 0 aromatic carbocycles. The molecular formula is C23H47KO4S. The van der Waals surface area contributed by atoms with Crippen molar-refractivity contribution in [1.82, 2.24) is 0 Å². The van der Waals surface area contributed by atoms with Crippen molar-refractivity contribution >= 4 is 10.1 Å². The molecule has 4 nitrogen and oxygen atoms in total. The van der Waals surface area contributed by atoms with E-state index in [2.05, 4.69) is 6.92 Å². The zero-order valence-corrected chi connectivity index (χ0v) is 23.6. The second-order valence-corrected chi connectivity index (χ2v) is 10.1. The maximum absolute atomic E-state index is 11.5. The maximum Gasteiger partial charge on any atom is 1.00 e. The molecule has 0 amide bonds. The van der Waals surface area contributed by atoms with Gasteiger partial charge in [-0.05, 0) is 25.7 Å². The first-order valence-electron chi connectivity index (χ1n) is 12.0. The molecule has 2 unspecified atom stereocenters. The maximum atomic E-state index is 11.5. The van der Waals surface area contributed by atoms with Crippen LogP contribution in [0.2, 0.25) is 0 Å². The molecule has 170 valence electrons. The Bertz CT molecular complexity index is 429. The molecule has 29 heavy (non-hydrogen) atoms. The van der Waals surface area contributed by atoms with Crippen LogP contribution in [-0.4, -0.2) is 29.4 Å². The molecule has 0 bridgehead atoms. The molecule has 6 heteroatoms. The van der Waals surface area contributed by atoms with Gasteiger partial charge in [0, 0.05) is 5.25 Å². The van der Waals surface area contributed by atoms with Gasteiger partial charge in [0.25, 0.3) is 0 Å². The molecule has 0 aliphatic carbocycles. The topological polar surface area (TPSA) is 77.4 Å². The minimum Gasteiger partial charge on any atom is -0.748 e. The summed E-state index contributed by atoms with van der Waals surface area (Å²) in [6, 6.07) is 0. The summed E-state index contributed by atoms with van der Waals surface area (Å²) in [5.74, 6) is 0. The monoisotopic (exact) mass is 458 g/mol. The molecule has 1 N–H and O–H groups in total. The number of unbranched alkanes of at least 4 members (excludes halogenated alkanes) is 13. The predicted octanol–water partition coefficient (Wildman–Crippen LogP) is 3.72. The van der Waals surface area contributed by atoms with E-state index in [1.54, 1.807) is 0 Å². The molecule has 0 heterocycles. The number of hydrogen-bond donors (Lipinski definition) is 1. The Labute approximate surface area is 224 Å². The fourth-order valence-corrected chi connectivity index (χ4v) is 4.69. The molecule has 0 saturated heterocycles. The van der Waals surface area contributed by atoms with Gasteiger partial charge in [-0.2, -0.15) is 0 Å². The van der Waals surface area contributed by atoms with Gasteiger partial charge in [0.05, 0.1) is 16.2 Å². The summed E-state index contributed by atoms with van der Waals surface area (Å²) in [6.45, 7) is 4.19. The van der Waals surface area contributed by atoms with Crippen molar-refractivity contribution in [1.29, 1.82) is 0 Å². The van der Waals surface area contributed by atoms with Crippen LogP contribution in [0.25, 0.3) is 0 Å². The van der Waals surface area contributed by atoms with Crippen molar-refractivity contribution in [3.63, 3.8) is 0 Å². The van der Waals surface area contributed by atoms with Gasteiger partial charge in [-0.1, -0.05) is 110 Å². The summed E-state index contributed by atoms with van der Waals surface area (Å²) >= 11 is 0. The van der Waals surface area contributed by atoms with Crippen LogP contribution < -0.4 is 51.4 Å². The van der Waals surface area contributed by atoms with Crippen molar-refractivity contribution in [2.24, 2.45) is 0 Å². The van der Waals surface area contributed by atoms with Crippen molar-refractivity contribution in [3.8, 4) is 0 Å². The van der Waals surface area contributed by atoms with Gasteiger partial charge in [-0.15, -0.1) is 0 Å². The van der Waals surface area contributed by atoms with Crippen LogP contribution in [0.15, 0.2) is 0 Å². The van der Waals surface area contributed by atoms with E-state index < -0.39 is 15.4 Å². The van der Waals surface area contributed by atoms with Crippen LogP contribution in [0.5, 0.6) is 0 Å². The minimum atomic E-state index is -4.20. The van der Waals surface area contributed by atoms with Gasteiger partial charge < -0.3 is 9.66 Å². The van der Waals surface area contributed by atoms with E-state index in [4.69, 9.17) is 0 Å². The summed E-state index contributed by atoms with van der Waals surface area (Å²) in [5.41, 5.74) is 0. The van der Waals surface area contributed by atoms with Crippen LogP contribution in [0.3, 0.4) is 0 Å². The SMILES string of the molecule is CCCCCCCCCCCCCCCC(CCCCC(O)CC)S(=O)(=O)[O-].[K+]. The molecular weight excluding hydrogens is 411 g/mol. The molecule has 0 rings (SSSR count). The Morgan fingerprint density at radius 3 is 1.38 bits per heavy atom. The number of aliphatic hydroxyl groups excluding tert-OH is 1. The van der Waals surface area contributed by atoms with Crippen molar-refractivity contribution in [3.05, 3.63) is 0 Å². The van der Waals surface area contributed by atoms with Gasteiger partial charge in [-0.25, -0.2) is 8.42 Å². The van der Waals surface area contributed by atoms with E-state index in [1.807, 2.05) is 6.92 Å². The Morgan fingerprint density at radius 1 is 0.655 bits per heavy atom. The third kappa shape index (κ3) is 22.5. The van der Waals surface area contributed by atoms with E-state index in [0.717, 1.165) is 32.1 Å². The molecule has 0 saturated carbocycles. The van der Waals surface area contributed by atoms with Crippen molar-refractivity contribution < 1.29 is 69.5 Å². The third-order valence-electron chi connectivity index (χ3n) is 5.82. The molecule has 0 aromatic heterocycles. The van der Waals surface area contributed by atoms with Crippen LogP contribution in [0.4, 0.5) is 0 Å². The minimum absolute atomic E-state index is 0. The quantitative estimate of drug-likeness (QED) is 0.162. The van der Waals surface area contributed by atoms with E-state index in [0.29, 0.717) is 25.7 Å². The summed E-state index contributed by atoms with van der Waals surface area (Å²) in [7, 11) is -4.20. The second kappa shape index (κ2) is 22.7. The third-order valence-corrected chi connectivity index (χ3v) is 7.11. The molecule has 0 aromatic rings.